The summed E-state index contributed by atoms with van der Waals surface area (Å²) in [6.07, 6.45) is 3.48. The Hall–Kier alpha value is -0.690. The van der Waals surface area contributed by atoms with Crippen LogP contribution in [0.15, 0.2) is 0 Å². The minimum atomic E-state index is 0.126. The Morgan fingerprint density at radius 2 is 2.17 bits per heavy atom. The smallest absolute Gasteiger partial charge is 0.234 e. The molecule has 0 aromatic carbocycles. The SMILES string of the molecule is COCCN(C)CC1CCCN1CC(=O)NCCCOC(C)C. The van der Waals surface area contributed by atoms with Crippen molar-refractivity contribution in [1.82, 2.24) is 15.1 Å². The molecule has 1 fully saturated rings. The molecule has 6 nitrogen and oxygen atoms in total. The lowest BCUT2D eigenvalue weighted by Crippen LogP contribution is -2.44. The molecule has 1 aliphatic heterocycles. The summed E-state index contributed by atoms with van der Waals surface area (Å²) in [5.74, 6) is 0.126. The maximum Gasteiger partial charge on any atom is 0.234 e. The number of rotatable bonds is 12. The summed E-state index contributed by atoms with van der Waals surface area (Å²) in [6.45, 7) is 9.66. The molecule has 0 aliphatic carbocycles. The summed E-state index contributed by atoms with van der Waals surface area (Å²) in [4.78, 5) is 16.7. The van der Waals surface area contributed by atoms with Crippen LogP contribution in [0.1, 0.15) is 33.1 Å². The van der Waals surface area contributed by atoms with Gasteiger partial charge in [-0.3, -0.25) is 9.69 Å². The van der Waals surface area contributed by atoms with Gasteiger partial charge in [0.05, 0.1) is 19.3 Å². The molecule has 0 aromatic heterocycles. The monoisotopic (exact) mass is 329 g/mol. The first kappa shape index (κ1) is 20.4. The molecule has 0 spiro atoms. The number of nitrogens with zero attached hydrogens (tertiary/aromatic N) is 2. The zero-order valence-electron chi connectivity index (χ0n) is 15.3. The molecule has 136 valence electrons. The Balaban J connectivity index is 2.19. The van der Waals surface area contributed by atoms with E-state index in [1.807, 2.05) is 13.8 Å². The van der Waals surface area contributed by atoms with Gasteiger partial charge in [0.1, 0.15) is 0 Å². The Bertz CT molecular complexity index is 326. The predicted octanol–water partition coefficient (Wildman–Crippen LogP) is 0.960. The zero-order valence-corrected chi connectivity index (χ0v) is 15.3. The first-order valence-electron chi connectivity index (χ1n) is 8.82. The standard InChI is InChI=1S/C17H35N3O3/c1-15(2)23-11-6-8-18-17(21)14-20-9-5-7-16(20)13-19(3)10-12-22-4/h15-16H,5-14H2,1-4H3,(H,18,21). The number of hydrogen-bond donors (Lipinski definition) is 1. The molecule has 0 bridgehead atoms. The molecule has 1 unspecified atom stereocenters. The highest BCUT2D eigenvalue weighted by atomic mass is 16.5. The average molecular weight is 329 g/mol. The first-order chi connectivity index (χ1) is 11.0. The Morgan fingerprint density at radius 3 is 2.87 bits per heavy atom. The molecular weight excluding hydrogens is 294 g/mol. The van der Waals surface area contributed by atoms with Crippen LogP contribution < -0.4 is 5.32 Å². The minimum Gasteiger partial charge on any atom is -0.383 e. The van der Waals surface area contributed by atoms with Gasteiger partial charge in [-0.1, -0.05) is 0 Å². The topological polar surface area (TPSA) is 54.0 Å². The quantitative estimate of drug-likeness (QED) is 0.541. The first-order valence-corrected chi connectivity index (χ1v) is 8.82. The van der Waals surface area contributed by atoms with Crippen molar-refractivity contribution >= 4 is 5.91 Å². The van der Waals surface area contributed by atoms with Gasteiger partial charge in [0, 0.05) is 39.4 Å². The van der Waals surface area contributed by atoms with Crippen LogP contribution in [0.2, 0.25) is 0 Å². The normalized spacial score (nSPS) is 19.0. The fraction of sp³-hybridized carbons (Fsp3) is 0.941. The van der Waals surface area contributed by atoms with E-state index in [1.165, 1.54) is 12.8 Å². The van der Waals surface area contributed by atoms with Gasteiger partial charge in [0.15, 0.2) is 0 Å². The lowest BCUT2D eigenvalue weighted by molar-refractivity contribution is -0.122. The Labute approximate surface area is 141 Å². The second-order valence-electron chi connectivity index (χ2n) is 6.64. The molecular formula is C17H35N3O3. The molecule has 1 heterocycles. The van der Waals surface area contributed by atoms with Crippen LogP contribution in [0.25, 0.3) is 0 Å². The summed E-state index contributed by atoms with van der Waals surface area (Å²) in [7, 11) is 3.84. The zero-order chi connectivity index (χ0) is 17.1. The molecule has 1 amide bonds. The Morgan fingerprint density at radius 1 is 1.39 bits per heavy atom. The van der Waals surface area contributed by atoms with Crippen LogP contribution in [0.5, 0.6) is 0 Å². The number of methoxy groups -OCH3 is 1. The van der Waals surface area contributed by atoms with Crippen LogP contribution in [-0.2, 0) is 14.3 Å². The van der Waals surface area contributed by atoms with Crippen LogP contribution in [0.4, 0.5) is 0 Å². The summed E-state index contributed by atoms with van der Waals surface area (Å²) in [5.41, 5.74) is 0. The lowest BCUT2D eigenvalue weighted by Gasteiger charge is -2.28. The van der Waals surface area contributed by atoms with E-state index in [9.17, 15) is 4.79 Å². The fourth-order valence-corrected chi connectivity index (χ4v) is 2.87. The Kier molecular flexibility index (Phi) is 10.4. The van der Waals surface area contributed by atoms with Crippen molar-refractivity contribution in [3.05, 3.63) is 0 Å². The van der Waals surface area contributed by atoms with Crippen LogP contribution in [0.3, 0.4) is 0 Å². The maximum absolute atomic E-state index is 12.1. The van der Waals surface area contributed by atoms with Crippen molar-refractivity contribution < 1.29 is 14.3 Å². The van der Waals surface area contributed by atoms with E-state index in [0.29, 0.717) is 25.7 Å². The molecule has 1 saturated heterocycles. The molecule has 23 heavy (non-hydrogen) atoms. The van der Waals surface area contributed by atoms with Crippen molar-refractivity contribution in [3.63, 3.8) is 0 Å². The van der Waals surface area contributed by atoms with Crippen molar-refractivity contribution in [2.75, 3.05) is 60.1 Å². The molecule has 1 aliphatic rings. The molecule has 0 aromatic rings. The van der Waals surface area contributed by atoms with Crippen molar-refractivity contribution in [2.24, 2.45) is 0 Å². The molecule has 6 heteroatoms. The third-order valence-corrected chi connectivity index (χ3v) is 4.14. The van der Waals surface area contributed by atoms with Gasteiger partial charge in [-0.05, 0) is 46.7 Å². The van der Waals surface area contributed by atoms with E-state index in [-0.39, 0.29) is 12.0 Å². The summed E-state index contributed by atoms with van der Waals surface area (Å²) >= 11 is 0. The molecule has 1 atom stereocenters. The van der Waals surface area contributed by atoms with Crippen molar-refractivity contribution in [1.29, 1.82) is 0 Å². The summed E-state index contributed by atoms with van der Waals surface area (Å²) < 4.78 is 10.6. The number of ether oxygens (including phenoxy) is 2. The summed E-state index contributed by atoms with van der Waals surface area (Å²) in [6, 6.07) is 0.479. The largest absolute Gasteiger partial charge is 0.383 e. The maximum atomic E-state index is 12.1. The van der Waals surface area contributed by atoms with E-state index < -0.39 is 0 Å². The van der Waals surface area contributed by atoms with Crippen molar-refractivity contribution in [3.8, 4) is 0 Å². The summed E-state index contributed by atoms with van der Waals surface area (Å²) in [5, 5.41) is 3.00. The van der Waals surface area contributed by atoms with E-state index in [4.69, 9.17) is 9.47 Å². The van der Waals surface area contributed by atoms with Gasteiger partial charge in [0.25, 0.3) is 0 Å². The van der Waals surface area contributed by atoms with Gasteiger partial charge < -0.3 is 19.7 Å². The highest BCUT2D eigenvalue weighted by molar-refractivity contribution is 5.78. The molecule has 1 N–H and O–H groups in total. The minimum absolute atomic E-state index is 0.126. The van der Waals surface area contributed by atoms with Gasteiger partial charge in [-0.25, -0.2) is 0 Å². The van der Waals surface area contributed by atoms with Crippen LogP contribution >= 0.6 is 0 Å². The van der Waals surface area contributed by atoms with Crippen LogP contribution in [-0.4, -0.2) is 87.9 Å². The van der Waals surface area contributed by atoms with Gasteiger partial charge in [-0.2, -0.15) is 0 Å². The number of carbonyl (C=O) groups excluding carboxylic acids is 1. The second-order valence-corrected chi connectivity index (χ2v) is 6.64. The predicted molar refractivity (Wildman–Crippen MR) is 92.7 cm³/mol. The lowest BCUT2D eigenvalue weighted by atomic mass is 10.2. The number of likely N-dealkylation sites (tertiary alicyclic amines) is 1. The average Bonchev–Trinajstić information content (AvgIpc) is 2.91. The number of nitrogens with one attached hydrogen (secondary N) is 1. The van der Waals surface area contributed by atoms with E-state index >= 15 is 0 Å². The third-order valence-electron chi connectivity index (χ3n) is 4.14. The fourth-order valence-electron chi connectivity index (χ4n) is 2.87. The number of amides is 1. The molecule has 0 saturated carbocycles. The molecule has 0 radical (unpaired) electrons. The van der Waals surface area contributed by atoms with Gasteiger partial charge >= 0.3 is 0 Å². The highest BCUT2D eigenvalue weighted by Gasteiger charge is 2.26. The van der Waals surface area contributed by atoms with Crippen LogP contribution in [0, 0.1) is 0 Å². The van der Waals surface area contributed by atoms with Gasteiger partial charge in [-0.15, -0.1) is 0 Å². The second kappa shape index (κ2) is 11.8. The highest BCUT2D eigenvalue weighted by Crippen LogP contribution is 2.17. The third kappa shape index (κ3) is 9.25. The number of likely N-dealkylation sites (N-methyl/N-ethyl adjacent to an activating group) is 1. The van der Waals surface area contributed by atoms with Gasteiger partial charge in [0.2, 0.25) is 5.91 Å². The van der Waals surface area contributed by atoms with Crippen molar-refractivity contribution in [2.45, 2.75) is 45.3 Å². The van der Waals surface area contributed by atoms with E-state index in [2.05, 4.69) is 22.2 Å². The van der Waals surface area contributed by atoms with E-state index in [1.54, 1.807) is 7.11 Å². The van der Waals surface area contributed by atoms with E-state index in [0.717, 1.165) is 32.7 Å². The molecule has 1 rings (SSSR count). The number of hydrogen-bond acceptors (Lipinski definition) is 5. The number of carbonyl (C=O) groups is 1.